The van der Waals surface area contributed by atoms with Crippen LogP contribution in [0.2, 0.25) is 0 Å². The molecule has 1 aromatic heterocycles. The average molecular weight is 352 g/mol. The third kappa shape index (κ3) is 2.03. The number of nitrogens with zero attached hydrogens (tertiary/aromatic N) is 2. The molecule has 6 heteroatoms. The van der Waals surface area contributed by atoms with E-state index in [0.717, 1.165) is 14.7 Å². The van der Waals surface area contributed by atoms with Crippen molar-refractivity contribution in [3.05, 3.63) is 33.6 Å². The summed E-state index contributed by atoms with van der Waals surface area (Å²) in [5.41, 5.74) is 5.28. The second-order valence-corrected chi connectivity index (χ2v) is 7.05. The van der Waals surface area contributed by atoms with E-state index in [1.54, 1.807) is 18.4 Å². The van der Waals surface area contributed by atoms with Gasteiger partial charge >= 0.3 is 0 Å². The lowest BCUT2D eigenvalue weighted by atomic mass is 9.94. The Kier molecular flexibility index (Phi) is 3.10. The molecular formula is C14H14BrN3OS. The molecule has 1 amide bonds. The molecule has 2 N–H and O–H groups in total. The Bertz CT molecular complexity index is 739. The number of hydrogen-bond acceptors (Lipinski definition) is 4. The Labute approximate surface area is 129 Å². The van der Waals surface area contributed by atoms with E-state index in [9.17, 15) is 4.79 Å². The van der Waals surface area contributed by atoms with Crippen molar-refractivity contribution in [1.82, 2.24) is 4.90 Å². The van der Waals surface area contributed by atoms with Gasteiger partial charge in [-0.1, -0.05) is 12.1 Å². The zero-order valence-electron chi connectivity index (χ0n) is 11.2. The second-order valence-electron chi connectivity index (χ2n) is 5.14. The summed E-state index contributed by atoms with van der Waals surface area (Å²) >= 11 is 5.21. The van der Waals surface area contributed by atoms with E-state index in [2.05, 4.69) is 33.1 Å². The highest BCUT2D eigenvalue weighted by molar-refractivity contribution is 9.10. The summed E-state index contributed by atoms with van der Waals surface area (Å²) in [5.74, 6) is 0.275. The van der Waals surface area contributed by atoms with Gasteiger partial charge in [-0.05, 0) is 40.4 Å². The van der Waals surface area contributed by atoms with E-state index in [1.165, 1.54) is 9.60 Å². The molecule has 3 rings (SSSR count). The van der Waals surface area contributed by atoms with Gasteiger partial charge in [-0.15, -0.1) is 11.3 Å². The highest BCUT2D eigenvalue weighted by Crippen LogP contribution is 2.41. The number of guanidine groups is 1. The van der Waals surface area contributed by atoms with E-state index in [1.807, 2.05) is 19.1 Å². The molecule has 1 aromatic carbocycles. The van der Waals surface area contributed by atoms with Gasteiger partial charge in [0.2, 0.25) is 5.91 Å². The van der Waals surface area contributed by atoms with E-state index in [0.29, 0.717) is 6.42 Å². The van der Waals surface area contributed by atoms with Crippen LogP contribution < -0.4 is 5.73 Å². The van der Waals surface area contributed by atoms with Crippen molar-refractivity contribution in [1.29, 1.82) is 0 Å². The minimum atomic E-state index is -0.573. The van der Waals surface area contributed by atoms with E-state index in [-0.39, 0.29) is 11.9 Å². The highest BCUT2D eigenvalue weighted by Gasteiger charge is 2.37. The summed E-state index contributed by atoms with van der Waals surface area (Å²) in [6.45, 7) is 1.96. The van der Waals surface area contributed by atoms with Crippen molar-refractivity contribution in [2.24, 2.45) is 10.7 Å². The molecule has 0 spiro atoms. The molecule has 1 aliphatic heterocycles. The average Bonchev–Trinajstić information content (AvgIpc) is 2.82. The summed E-state index contributed by atoms with van der Waals surface area (Å²) in [5, 5.41) is 1.15. The van der Waals surface area contributed by atoms with Gasteiger partial charge in [0, 0.05) is 21.1 Å². The first kappa shape index (κ1) is 13.6. The van der Waals surface area contributed by atoms with Gasteiger partial charge in [0.1, 0.15) is 5.54 Å². The third-order valence-electron chi connectivity index (χ3n) is 3.60. The van der Waals surface area contributed by atoms with Gasteiger partial charge in [-0.3, -0.25) is 9.69 Å². The lowest BCUT2D eigenvalue weighted by Gasteiger charge is -2.32. The fraction of sp³-hybridized carbons (Fsp3) is 0.286. The molecule has 20 heavy (non-hydrogen) atoms. The quantitative estimate of drug-likeness (QED) is 0.858. The van der Waals surface area contributed by atoms with Crippen LogP contribution in [0.4, 0.5) is 0 Å². The van der Waals surface area contributed by atoms with Crippen molar-refractivity contribution >= 4 is 49.2 Å². The fourth-order valence-corrected chi connectivity index (χ4v) is 4.12. The number of rotatable bonds is 1. The maximum atomic E-state index is 12.0. The largest absolute Gasteiger partial charge is 0.369 e. The predicted molar refractivity (Wildman–Crippen MR) is 85.9 cm³/mol. The van der Waals surface area contributed by atoms with E-state index in [4.69, 9.17) is 5.73 Å². The minimum absolute atomic E-state index is 0.00322. The lowest BCUT2D eigenvalue weighted by molar-refractivity contribution is -0.128. The van der Waals surface area contributed by atoms with Gasteiger partial charge < -0.3 is 5.73 Å². The van der Waals surface area contributed by atoms with E-state index < -0.39 is 5.54 Å². The molecule has 0 unspecified atom stereocenters. The van der Waals surface area contributed by atoms with Crippen molar-refractivity contribution in [2.45, 2.75) is 18.9 Å². The van der Waals surface area contributed by atoms with Crippen LogP contribution in [-0.2, 0) is 10.3 Å². The van der Waals surface area contributed by atoms with Crippen LogP contribution in [0.1, 0.15) is 18.2 Å². The van der Waals surface area contributed by atoms with Crippen LogP contribution in [0.5, 0.6) is 0 Å². The van der Waals surface area contributed by atoms with Gasteiger partial charge in [-0.25, -0.2) is 4.99 Å². The second kappa shape index (κ2) is 4.56. The SMILES string of the molecule is CN1C(=O)C[C@@](C)(c2cc3cccc(Br)c3s2)N=C1N. The van der Waals surface area contributed by atoms with Crippen LogP contribution in [0, 0.1) is 0 Å². The number of aliphatic imine (C=N–C) groups is 1. The first-order chi connectivity index (χ1) is 9.40. The van der Waals surface area contributed by atoms with Gasteiger partial charge in [0.25, 0.3) is 0 Å². The zero-order chi connectivity index (χ0) is 14.5. The van der Waals surface area contributed by atoms with Crippen LogP contribution >= 0.6 is 27.3 Å². The monoisotopic (exact) mass is 351 g/mol. The van der Waals surface area contributed by atoms with Gasteiger partial charge in [-0.2, -0.15) is 0 Å². The minimum Gasteiger partial charge on any atom is -0.369 e. The summed E-state index contributed by atoms with van der Waals surface area (Å²) in [6.07, 6.45) is 0.342. The number of thiophene rings is 1. The molecule has 0 fully saturated rings. The number of halogens is 1. The predicted octanol–water partition coefficient (Wildman–Crippen LogP) is 3.06. The number of amides is 1. The standard InChI is InChI=1S/C14H14BrN3OS/c1-14(7-11(19)18(2)13(16)17-14)10-6-8-4-3-5-9(15)12(8)20-10/h3-6H,7H2,1-2H3,(H2,16,17)/t14-/m0/s1. The first-order valence-corrected chi connectivity index (χ1v) is 7.82. The molecule has 0 saturated carbocycles. The van der Waals surface area contributed by atoms with Crippen molar-refractivity contribution in [2.75, 3.05) is 7.05 Å². The maximum absolute atomic E-state index is 12.0. The number of nitrogens with two attached hydrogens (primary N) is 1. The third-order valence-corrected chi connectivity index (χ3v) is 5.96. The first-order valence-electron chi connectivity index (χ1n) is 6.21. The molecule has 0 bridgehead atoms. The number of hydrogen-bond donors (Lipinski definition) is 1. The molecule has 2 heterocycles. The topological polar surface area (TPSA) is 58.7 Å². The summed E-state index contributed by atoms with van der Waals surface area (Å²) in [4.78, 5) is 19.0. The summed E-state index contributed by atoms with van der Waals surface area (Å²) in [7, 11) is 1.66. The summed E-state index contributed by atoms with van der Waals surface area (Å²) in [6, 6.07) is 8.18. The molecular weight excluding hydrogens is 338 g/mol. The molecule has 104 valence electrons. The number of benzene rings is 1. The molecule has 2 aromatic rings. The molecule has 0 radical (unpaired) electrons. The normalized spacial score (nSPS) is 23.2. The van der Waals surface area contributed by atoms with Crippen LogP contribution in [0.3, 0.4) is 0 Å². The van der Waals surface area contributed by atoms with Crippen molar-refractivity contribution in [3.63, 3.8) is 0 Å². The molecule has 4 nitrogen and oxygen atoms in total. The van der Waals surface area contributed by atoms with Crippen molar-refractivity contribution < 1.29 is 4.79 Å². The Balaban J connectivity index is 2.15. The molecule has 0 aliphatic carbocycles. The summed E-state index contributed by atoms with van der Waals surface area (Å²) < 4.78 is 2.23. The Morgan fingerprint density at radius 1 is 1.50 bits per heavy atom. The number of carbonyl (C=O) groups excluding carboxylic acids is 1. The molecule has 0 saturated heterocycles. The fourth-order valence-electron chi connectivity index (χ4n) is 2.34. The lowest BCUT2D eigenvalue weighted by Crippen LogP contribution is -2.47. The highest BCUT2D eigenvalue weighted by atomic mass is 79.9. The van der Waals surface area contributed by atoms with E-state index >= 15 is 0 Å². The van der Waals surface area contributed by atoms with Gasteiger partial charge in [0.15, 0.2) is 5.96 Å². The smallest absolute Gasteiger partial charge is 0.231 e. The Morgan fingerprint density at radius 3 is 2.90 bits per heavy atom. The molecule has 1 atom stereocenters. The number of carbonyl (C=O) groups is 1. The van der Waals surface area contributed by atoms with Crippen LogP contribution in [0.25, 0.3) is 10.1 Å². The Hall–Kier alpha value is -1.40. The molecule has 1 aliphatic rings. The zero-order valence-corrected chi connectivity index (χ0v) is 13.6. The van der Waals surface area contributed by atoms with Gasteiger partial charge in [0.05, 0.1) is 6.42 Å². The van der Waals surface area contributed by atoms with Crippen LogP contribution in [0.15, 0.2) is 33.7 Å². The Morgan fingerprint density at radius 2 is 2.25 bits per heavy atom. The maximum Gasteiger partial charge on any atom is 0.231 e. The number of fused-ring (bicyclic) bond motifs is 1. The van der Waals surface area contributed by atoms with Crippen molar-refractivity contribution in [3.8, 4) is 0 Å². The van der Waals surface area contributed by atoms with Crippen LogP contribution in [-0.4, -0.2) is 23.8 Å².